The normalized spacial score (nSPS) is 13.5. The molecule has 394 valence electrons. The second-order valence-electron chi connectivity index (χ2n) is 18.7. The number of rotatable bonds is 45. The largest absolute Gasteiger partial charge is 0.460 e. The number of hydrogen-bond acceptors (Lipinski definition) is 12. The fourth-order valence-electron chi connectivity index (χ4n) is 7.39. The fourth-order valence-corrected chi connectivity index (χ4v) is 7.39. The van der Waals surface area contributed by atoms with Gasteiger partial charge in [0.25, 0.3) is 0 Å². The van der Waals surface area contributed by atoms with E-state index in [1.165, 1.54) is 13.8 Å². The lowest BCUT2D eigenvalue weighted by Gasteiger charge is -2.30. The van der Waals surface area contributed by atoms with E-state index in [-0.39, 0.29) is 62.0 Å². The monoisotopic (exact) mass is 969 g/mol. The average molecular weight is 969 g/mol. The molecule has 0 spiro atoms. The van der Waals surface area contributed by atoms with Crippen LogP contribution >= 0.6 is 0 Å². The first-order valence-electron chi connectivity index (χ1n) is 26.1. The zero-order chi connectivity index (χ0) is 50.7. The maximum atomic E-state index is 12.8. The Kier molecular flexibility index (Phi) is 40.7. The van der Waals surface area contributed by atoms with Crippen LogP contribution in [0.15, 0.2) is 24.3 Å². The molecule has 0 fully saturated rings. The summed E-state index contributed by atoms with van der Waals surface area (Å²) in [5.74, 6) is -1.46. The van der Waals surface area contributed by atoms with E-state index in [0.717, 1.165) is 116 Å². The zero-order valence-electron chi connectivity index (χ0n) is 43.2. The number of aliphatic hydroxyl groups excluding tert-OH is 2. The highest BCUT2D eigenvalue weighted by Gasteiger charge is 2.27. The van der Waals surface area contributed by atoms with Gasteiger partial charge in [0.15, 0.2) is 13.1 Å². The van der Waals surface area contributed by atoms with Crippen LogP contribution in [0, 0.1) is 0 Å². The molecular formula is C52H96N4O12+2. The minimum Gasteiger partial charge on any atom is -0.460 e. The highest BCUT2D eigenvalue weighted by atomic mass is 16.6. The Balaban J connectivity index is 4.05. The van der Waals surface area contributed by atoms with Crippen LogP contribution in [0.4, 0.5) is 0 Å². The van der Waals surface area contributed by atoms with E-state index in [2.05, 4.69) is 36.6 Å². The van der Waals surface area contributed by atoms with Crippen molar-refractivity contribution in [2.45, 2.75) is 206 Å². The number of hydrogen-bond donors (Lipinski definition) is 5. The lowest BCUT2D eigenvalue weighted by Crippen LogP contribution is -2.87. The predicted octanol–water partition coefficient (Wildman–Crippen LogP) is 6.04. The molecule has 0 aliphatic carbocycles. The molecule has 0 bridgehead atoms. The molecule has 0 aromatic heterocycles. The third-order valence-electron chi connectivity index (χ3n) is 11.5. The van der Waals surface area contributed by atoms with Gasteiger partial charge in [-0.2, -0.15) is 0 Å². The molecule has 0 heterocycles. The molecule has 68 heavy (non-hydrogen) atoms. The van der Waals surface area contributed by atoms with Crippen LogP contribution in [0.25, 0.3) is 0 Å². The van der Waals surface area contributed by atoms with Gasteiger partial charge in [-0.1, -0.05) is 102 Å². The van der Waals surface area contributed by atoms with Crippen LogP contribution in [-0.2, 0) is 47.7 Å². The van der Waals surface area contributed by atoms with Crippen molar-refractivity contribution in [2.75, 3.05) is 66.6 Å². The summed E-state index contributed by atoms with van der Waals surface area (Å²) >= 11 is 0. The van der Waals surface area contributed by atoms with Gasteiger partial charge in [0.1, 0.15) is 38.5 Å². The van der Waals surface area contributed by atoms with Gasteiger partial charge in [-0.3, -0.25) is 19.2 Å². The third kappa shape index (κ3) is 41.1. The van der Waals surface area contributed by atoms with Crippen LogP contribution in [0.2, 0.25) is 0 Å². The molecule has 16 heteroatoms. The van der Waals surface area contributed by atoms with Gasteiger partial charge in [0.2, 0.25) is 11.8 Å². The Hall–Kier alpha value is -3.86. The van der Waals surface area contributed by atoms with Crippen molar-refractivity contribution in [3.63, 3.8) is 0 Å². The molecule has 4 atom stereocenters. The topological polar surface area (TPSA) is 220 Å². The van der Waals surface area contributed by atoms with E-state index >= 15 is 0 Å². The third-order valence-corrected chi connectivity index (χ3v) is 11.5. The highest BCUT2D eigenvalue weighted by Crippen LogP contribution is 2.17. The van der Waals surface area contributed by atoms with Gasteiger partial charge in [-0.15, -0.1) is 0 Å². The Morgan fingerprint density at radius 2 is 1.01 bits per heavy atom. The van der Waals surface area contributed by atoms with E-state index in [4.69, 9.17) is 18.9 Å². The Bertz CT molecular complexity index is 1410. The Labute approximate surface area is 410 Å². The number of aliphatic hydroxyl groups is 2. The number of nitrogens with zero attached hydrogens (tertiary/aromatic N) is 1. The quantitative estimate of drug-likeness (QED) is 0.0155. The highest BCUT2D eigenvalue weighted by molar-refractivity contribution is 5.77. The van der Waals surface area contributed by atoms with Crippen molar-refractivity contribution in [3.05, 3.63) is 24.3 Å². The summed E-state index contributed by atoms with van der Waals surface area (Å²) in [6.45, 7) is 9.38. The number of allylic oxidation sites excluding steroid dienone is 2. The summed E-state index contributed by atoms with van der Waals surface area (Å²) in [6.07, 6.45) is 25.9. The molecule has 0 radical (unpaired) electrons. The molecule has 0 aromatic carbocycles. The summed E-state index contributed by atoms with van der Waals surface area (Å²) in [5, 5.41) is 29.2. The smallest absolute Gasteiger partial charge is 0.362 e. The first-order chi connectivity index (χ1) is 32.6. The molecule has 4 unspecified atom stereocenters. The lowest BCUT2D eigenvalue weighted by molar-refractivity contribution is -0.883. The molecule has 0 rings (SSSR count). The van der Waals surface area contributed by atoms with Crippen molar-refractivity contribution in [2.24, 2.45) is 0 Å². The standard InChI is InChI=1S/C52H94N4O12/c1-7-9-23-31-47(67-51(63)41-53-37-39-65-43(3)57)45(59)29-25-19-15-11-13-17-21-27-33-49(61)54-35-36-55-50(62)34-28-22-18-14-12-16-20-26-30-46(60)48(32-24-10-8-2)68-52(64)42-56(5,6)38-40-66-44(4)58/h19-20,25-26,45-48,53,59-60H,7-18,21-24,27-42H2,1-6H3,(H-,54,55,61,62)/p+2/b25-19-,26-20-. The van der Waals surface area contributed by atoms with Gasteiger partial charge >= 0.3 is 23.9 Å². The number of nitrogens with two attached hydrogens (primary N) is 1. The van der Waals surface area contributed by atoms with Crippen molar-refractivity contribution < 1.29 is 67.7 Å². The number of ether oxygens (including phenoxy) is 4. The van der Waals surface area contributed by atoms with Crippen LogP contribution in [0.1, 0.15) is 182 Å². The minimum absolute atomic E-state index is 0.000608. The zero-order valence-corrected chi connectivity index (χ0v) is 43.2. The number of amides is 2. The van der Waals surface area contributed by atoms with Gasteiger partial charge < -0.3 is 49.6 Å². The lowest BCUT2D eigenvalue weighted by atomic mass is 10.0. The maximum absolute atomic E-state index is 12.8. The first kappa shape index (κ1) is 64.1. The molecular weight excluding hydrogens is 873 g/mol. The molecule has 0 aromatic rings. The summed E-state index contributed by atoms with van der Waals surface area (Å²) in [5.41, 5.74) is 0. The van der Waals surface area contributed by atoms with Crippen molar-refractivity contribution >= 4 is 35.7 Å². The molecule has 6 N–H and O–H groups in total. The minimum atomic E-state index is -0.777. The predicted molar refractivity (Wildman–Crippen MR) is 265 cm³/mol. The van der Waals surface area contributed by atoms with Crippen LogP contribution in [0.3, 0.4) is 0 Å². The number of quaternary nitrogens is 2. The summed E-state index contributed by atoms with van der Waals surface area (Å²) in [4.78, 5) is 71.6. The van der Waals surface area contributed by atoms with Crippen LogP contribution in [0.5, 0.6) is 0 Å². The fraction of sp³-hybridized carbons (Fsp3) is 0.808. The van der Waals surface area contributed by atoms with E-state index in [9.17, 15) is 39.0 Å². The maximum Gasteiger partial charge on any atom is 0.362 e. The molecule has 2 amide bonds. The second kappa shape index (κ2) is 43.2. The SMILES string of the molecule is CCCCCC(OC(=O)C[NH2+]CCOC(C)=O)C(O)C/C=C\CCCCCCCC(=O)NCCNC(=O)CCCCCCC/C=C\CC(O)C(CCCCC)OC(=O)C[N+](C)(C)CCOC(C)=O. The molecule has 0 aliphatic rings. The van der Waals surface area contributed by atoms with Gasteiger partial charge in [-0.25, -0.2) is 9.59 Å². The number of likely N-dealkylation sites (N-methyl/N-ethyl adjacent to an activating group) is 1. The van der Waals surface area contributed by atoms with Crippen LogP contribution < -0.4 is 16.0 Å². The molecule has 0 saturated carbocycles. The van der Waals surface area contributed by atoms with E-state index in [0.29, 0.717) is 69.2 Å². The number of nitrogens with one attached hydrogen (secondary N) is 2. The van der Waals surface area contributed by atoms with Crippen molar-refractivity contribution in [3.8, 4) is 0 Å². The summed E-state index contributed by atoms with van der Waals surface area (Å²) in [7, 11) is 3.76. The molecule has 16 nitrogen and oxygen atoms in total. The van der Waals surface area contributed by atoms with Crippen molar-refractivity contribution in [1.82, 2.24) is 10.6 Å². The second-order valence-corrected chi connectivity index (χ2v) is 18.7. The van der Waals surface area contributed by atoms with Gasteiger partial charge in [0, 0.05) is 39.8 Å². The summed E-state index contributed by atoms with van der Waals surface area (Å²) < 4.78 is 21.6. The van der Waals surface area contributed by atoms with E-state index < -0.39 is 24.4 Å². The summed E-state index contributed by atoms with van der Waals surface area (Å²) in [6, 6.07) is 0. The van der Waals surface area contributed by atoms with E-state index in [1.807, 2.05) is 26.2 Å². The number of carbonyl (C=O) groups excluding carboxylic acids is 6. The van der Waals surface area contributed by atoms with Crippen LogP contribution in [-0.4, -0.2) is 141 Å². The van der Waals surface area contributed by atoms with E-state index in [1.54, 1.807) is 5.32 Å². The molecule has 0 saturated heterocycles. The molecule has 0 aliphatic heterocycles. The van der Waals surface area contributed by atoms with Gasteiger partial charge in [-0.05, 0) is 77.0 Å². The first-order valence-corrected chi connectivity index (χ1v) is 26.1. The van der Waals surface area contributed by atoms with Gasteiger partial charge in [0.05, 0.1) is 26.3 Å². The number of unbranched alkanes of at least 4 members (excludes halogenated alkanes) is 14. The van der Waals surface area contributed by atoms with Crippen molar-refractivity contribution in [1.29, 1.82) is 0 Å². The average Bonchev–Trinajstić information content (AvgIpc) is 3.27. The Morgan fingerprint density at radius 3 is 1.49 bits per heavy atom. The number of esters is 4. The Morgan fingerprint density at radius 1 is 0.574 bits per heavy atom. The number of carbonyl (C=O) groups is 6.